The molecule has 2 rings (SSSR count). The van der Waals surface area contributed by atoms with Gasteiger partial charge in [0.05, 0.1) is 11.8 Å². The SMILES string of the molecule is Cc1coc2c1C(=O)CC(C)CC/C=C\C2. The second-order valence-corrected chi connectivity index (χ2v) is 4.70. The number of rotatable bonds is 0. The van der Waals surface area contributed by atoms with Crippen LogP contribution in [-0.2, 0) is 6.42 Å². The number of ketones is 1. The van der Waals surface area contributed by atoms with Crippen molar-refractivity contribution in [3.05, 3.63) is 35.3 Å². The van der Waals surface area contributed by atoms with Crippen LogP contribution in [0.25, 0.3) is 0 Å². The molecule has 0 aromatic carbocycles. The molecule has 1 heterocycles. The molecule has 1 atom stereocenters. The third kappa shape index (κ3) is 2.26. The quantitative estimate of drug-likeness (QED) is 0.622. The number of aryl methyl sites for hydroxylation is 1. The normalized spacial score (nSPS) is 23.9. The molecule has 0 spiro atoms. The summed E-state index contributed by atoms with van der Waals surface area (Å²) in [6, 6.07) is 0. The molecule has 0 fully saturated rings. The molecule has 0 saturated carbocycles. The van der Waals surface area contributed by atoms with Crippen LogP contribution in [0.1, 0.15) is 47.9 Å². The van der Waals surface area contributed by atoms with Crippen LogP contribution in [0.5, 0.6) is 0 Å². The molecule has 0 bridgehead atoms. The van der Waals surface area contributed by atoms with Gasteiger partial charge < -0.3 is 4.42 Å². The number of fused-ring (bicyclic) bond motifs is 1. The zero-order valence-electron chi connectivity index (χ0n) is 9.95. The zero-order valence-corrected chi connectivity index (χ0v) is 9.95. The molecular formula is C14H18O2. The third-order valence-electron chi connectivity index (χ3n) is 3.16. The molecule has 0 saturated heterocycles. The Balaban J connectivity index is 2.34. The molecule has 0 amide bonds. The highest BCUT2D eigenvalue weighted by Crippen LogP contribution is 2.24. The summed E-state index contributed by atoms with van der Waals surface area (Å²) in [7, 11) is 0. The lowest BCUT2D eigenvalue weighted by molar-refractivity contribution is 0.0960. The summed E-state index contributed by atoms with van der Waals surface area (Å²) < 4.78 is 5.45. The minimum atomic E-state index is 0.240. The van der Waals surface area contributed by atoms with Gasteiger partial charge in [-0.3, -0.25) is 4.79 Å². The van der Waals surface area contributed by atoms with Crippen molar-refractivity contribution in [2.45, 2.75) is 39.5 Å². The smallest absolute Gasteiger partial charge is 0.166 e. The maximum absolute atomic E-state index is 12.1. The van der Waals surface area contributed by atoms with E-state index in [0.717, 1.165) is 36.1 Å². The number of hydrogen-bond acceptors (Lipinski definition) is 2. The van der Waals surface area contributed by atoms with E-state index in [9.17, 15) is 4.79 Å². The van der Waals surface area contributed by atoms with Crippen molar-refractivity contribution in [2.24, 2.45) is 5.92 Å². The summed E-state index contributed by atoms with van der Waals surface area (Å²) in [4.78, 5) is 12.1. The predicted octanol–water partition coefficient (Wildman–Crippen LogP) is 3.69. The predicted molar refractivity (Wildman–Crippen MR) is 63.6 cm³/mol. The third-order valence-corrected chi connectivity index (χ3v) is 3.16. The first-order valence-corrected chi connectivity index (χ1v) is 5.93. The minimum absolute atomic E-state index is 0.240. The number of hydrogen-bond donors (Lipinski definition) is 0. The average Bonchev–Trinajstić information content (AvgIpc) is 2.59. The number of carbonyl (C=O) groups excluding carboxylic acids is 1. The van der Waals surface area contributed by atoms with E-state index in [2.05, 4.69) is 19.1 Å². The fourth-order valence-electron chi connectivity index (χ4n) is 2.23. The Hall–Kier alpha value is -1.31. The lowest BCUT2D eigenvalue weighted by Crippen LogP contribution is -2.09. The van der Waals surface area contributed by atoms with E-state index < -0.39 is 0 Å². The van der Waals surface area contributed by atoms with Crippen LogP contribution in [0.15, 0.2) is 22.8 Å². The first-order valence-electron chi connectivity index (χ1n) is 5.93. The highest BCUT2D eigenvalue weighted by atomic mass is 16.3. The van der Waals surface area contributed by atoms with Gasteiger partial charge in [-0.15, -0.1) is 0 Å². The zero-order chi connectivity index (χ0) is 11.5. The lowest BCUT2D eigenvalue weighted by Gasteiger charge is -2.11. The van der Waals surface area contributed by atoms with Crippen molar-refractivity contribution in [2.75, 3.05) is 0 Å². The highest BCUT2D eigenvalue weighted by Gasteiger charge is 2.20. The molecule has 0 aliphatic heterocycles. The number of allylic oxidation sites excluding steroid dienone is 2. The van der Waals surface area contributed by atoms with Gasteiger partial charge in [-0.2, -0.15) is 0 Å². The molecule has 1 unspecified atom stereocenters. The van der Waals surface area contributed by atoms with Crippen LogP contribution in [0, 0.1) is 12.8 Å². The van der Waals surface area contributed by atoms with Gasteiger partial charge in [0, 0.05) is 12.8 Å². The van der Waals surface area contributed by atoms with E-state index in [1.807, 2.05) is 6.92 Å². The molecule has 1 aliphatic rings. The van der Waals surface area contributed by atoms with E-state index in [-0.39, 0.29) is 5.78 Å². The summed E-state index contributed by atoms with van der Waals surface area (Å²) in [5, 5.41) is 0. The second kappa shape index (κ2) is 4.69. The molecule has 2 nitrogen and oxygen atoms in total. The van der Waals surface area contributed by atoms with Gasteiger partial charge >= 0.3 is 0 Å². The molecule has 2 heteroatoms. The second-order valence-electron chi connectivity index (χ2n) is 4.70. The van der Waals surface area contributed by atoms with E-state index in [1.165, 1.54) is 0 Å². The first-order chi connectivity index (χ1) is 7.68. The van der Waals surface area contributed by atoms with Crippen LogP contribution in [0.3, 0.4) is 0 Å². The van der Waals surface area contributed by atoms with Crippen LogP contribution in [0.4, 0.5) is 0 Å². The largest absolute Gasteiger partial charge is 0.468 e. The maximum Gasteiger partial charge on any atom is 0.166 e. The molecule has 0 radical (unpaired) electrons. The Bertz CT molecular complexity index is 412. The Morgan fingerprint density at radius 2 is 2.19 bits per heavy atom. The molecule has 1 aromatic rings. The van der Waals surface area contributed by atoms with Crippen molar-refractivity contribution < 1.29 is 9.21 Å². The Kier molecular flexibility index (Phi) is 3.28. The van der Waals surface area contributed by atoms with Crippen molar-refractivity contribution in [1.29, 1.82) is 0 Å². The molecule has 16 heavy (non-hydrogen) atoms. The van der Waals surface area contributed by atoms with E-state index in [4.69, 9.17) is 4.42 Å². The topological polar surface area (TPSA) is 30.2 Å². The van der Waals surface area contributed by atoms with Crippen molar-refractivity contribution in [3.63, 3.8) is 0 Å². The van der Waals surface area contributed by atoms with E-state index in [0.29, 0.717) is 12.3 Å². The van der Waals surface area contributed by atoms with Crippen molar-refractivity contribution >= 4 is 5.78 Å². The first kappa shape index (κ1) is 11.2. The van der Waals surface area contributed by atoms with Gasteiger partial charge in [-0.1, -0.05) is 19.1 Å². The van der Waals surface area contributed by atoms with E-state index >= 15 is 0 Å². The van der Waals surface area contributed by atoms with Crippen molar-refractivity contribution in [1.82, 2.24) is 0 Å². The Morgan fingerprint density at radius 1 is 1.38 bits per heavy atom. The Labute approximate surface area is 96.3 Å². The molecule has 0 N–H and O–H groups in total. The Morgan fingerprint density at radius 3 is 3.00 bits per heavy atom. The summed E-state index contributed by atoms with van der Waals surface area (Å²) in [6.07, 6.45) is 9.52. The summed E-state index contributed by atoms with van der Waals surface area (Å²) >= 11 is 0. The summed E-state index contributed by atoms with van der Waals surface area (Å²) in [5.74, 6) is 1.52. The lowest BCUT2D eigenvalue weighted by atomic mass is 9.93. The van der Waals surface area contributed by atoms with Gasteiger partial charge in [0.25, 0.3) is 0 Å². The van der Waals surface area contributed by atoms with Gasteiger partial charge in [-0.05, 0) is 31.2 Å². The van der Waals surface area contributed by atoms with Crippen LogP contribution in [0.2, 0.25) is 0 Å². The standard InChI is InChI=1S/C14H18O2/c1-10-6-4-3-5-7-13-14(12(15)8-10)11(2)9-16-13/h3,5,9-10H,4,6-8H2,1-2H3/b5-3-. The average molecular weight is 218 g/mol. The number of furan rings is 1. The monoisotopic (exact) mass is 218 g/mol. The number of Topliss-reactive ketones (excluding diaryl/α,β-unsaturated/α-hetero) is 1. The van der Waals surface area contributed by atoms with Crippen LogP contribution < -0.4 is 0 Å². The maximum atomic E-state index is 12.1. The van der Waals surface area contributed by atoms with Crippen molar-refractivity contribution in [3.8, 4) is 0 Å². The summed E-state index contributed by atoms with van der Waals surface area (Å²) in [5.41, 5.74) is 1.79. The van der Waals surface area contributed by atoms with Gasteiger partial charge in [0.2, 0.25) is 0 Å². The van der Waals surface area contributed by atoms with Gasteiger partial charge in [0.15, 0.2) is 5.78 Å². The number of carbonyl (C=O) groups is 1. The molecular weight excluding hydrogens is 200 g/mol. The highest BCUT2D eigenvalue weighted by molar-refractivity contribution is 5.98. The van der Waals surface area contributed by atoms with Gasteiger partial charge in [0.1, 0.15) is 5.76 Å². The molecule has 86 valence electrons. The molecule has 1 aliphatic carbocycles. The van der Waals surface area contributed by atoms with Crippen LogP contribution >= 0.6 is 0 Å². The van der Waals surface area contributed by atoms with Crippen LogP contribution in [-0.4, -0.2) is 5.78 Å². The fourth-order valence-corrected chi connectivity index (χ4v) is 2.23. The summed E-state index contributed by atoms with van der Waals surface area (Å²) in [6.45, 7) is 4.09. The molecule has 1 aromatic heterocycles. The minimum Gasteiger partial charge on any atom is -0.468 e. The van der Waals surface area contributed by atoms with E-state index in [1.54, 1.807) is 6.26 Å². The fraction of sp³-hybridized carbons (Fsp3) is 0.500. The van der Waals surface area contributed by atoms with Gasteiger partial charge in [-0.25, -0.2) is 0 Å².